The second kappa shape index (κ2) is 8.29. The standard InChI is InChI=1S/C19H23F4N3O/c1-24-10-16-9-18(27-12-14-8-15(20)2-3-17(14)21)26(25-16)11-13-4-6-19(22,23)7-5-13/h2-3,8-9,13,24H,4-7,10-12H2,1H3. The molecule has 148 valence electrons. The van der Waals surface area contributed by atoms with Crippen molar-refractivity contribution in [1.82, 2.24) is 15.1 Å². The number of alkyl halides is 2. The van der Waals surface area contributed by atoms with Gasteiger partial charge in [0.2, 0.25) is 11.8 Å². The van der Waals surface area contributed by atoms with Crippen molar-refractivity contribution in [1.29, 1.82) is 0 Å². The fourth-order valence-corrected chi connectivity index (χ4v) is 3.30. The van der Waals surface area contributed by atoms with E-state index in [0.29, 0.717) is 31.8 Å². The second-order valence-electron chi connectivity index (χ2n) is 7.01. The summed E-state index contributed by atoms with van der Waals surface area (Å²) in [6.45, 7) is 0.832. The van der Waals surface area contributed by atoms with Gasteiger partial charge in [-0.3, -0.25) is 0 Å². The van der Waals surface area contributed by atoms with Gasteiger partial charge in [0.1, 0.15) is 18.2 Å². The molecule has 4 nitrogen and oxygen atoms in total. The molecule has 27 heavy (non-hydrogen) atoms. The Labute approximate surface area is 155 Å². The van der Waals surface area contributed by atoms with Crippen molar-refractivity contribution < 1.29 is 22.3 Å². The number of nitrogens with zero attached hydrogens (tertiary/aromatic N) is 2. The van der Waals surface area contributed by atoms with Gasteiger partial charge in [-0.1, -0.05) is 0 Å². The van der Waals surface area contributed by atoms with E-state index in [2.05, 4.69) is 10.4 Å². The van der Waals surface area contributed by atoms with Gasteiger partial charge in [-0.05, 0) is 44.0 Å². The number of hydrogen-bond acceptors (Lipinski definition) is 3. The Morgan fingerprint density at radius 1 is 1.22 bits per heavy atom. The normalized spacial score (nSPS) is 17.2. The van der Waals surface area contributed by atoms with Crippen LogP contribution in [0.25, 0.3) is 0 Å². The van der Waals surface area contributed by atoms with Gasteiger partial charge in [0.05, 0.1) is 5.69 Å². The van der Waals surface area contributed by atoms with E-state index in [9.17, 15) is 17.6 Å². The van der Waals surface area contributed by atoms with Crippen molar-refractivity contribution in [2.45, 2.75) is 51.3 Å². The van der Waals surface area contributed by atoms with E-state index in [-0.39, 0.29) is 30.9 Å². The van der Waals surface area contributed by atoms with Gasteiger partial charge in [-0.15, -0.1) is 0 Å². The van der Waals surface area contributed by atoms with Crippen LogP contribution in [0.5, 0.6) is 5.88 Å². The lowest BCUT2D eigenvalue weighted by atomic mass is 9.87. The van der Waals surface area contributed by atoms with E-state index in [4.69, 9.17) is 4.74 Å². The van der Waals surface area contributed by atoms with Crippen LogP contribution in [0, 0.1) is 17.6 Å². The number of halogens is 4. The topological polar surface area (TPSA) is 39.1 Å². The van der Waals surface area contributed by atoms with Crippen LogP contribution in [0.3, 0.4) is 0 Å². The minimum atomic E-state index is -2.58. The first-order valence-electron chi connectivity index (χ1n) is 9.02. The molecule has 0 bridgehead atoms. The fourth-order valence-electron chi connectivity index (χ4n) is 3.30. The van der Waals surface area contributed by atoms with Gasteiger partial charge in [-0.2, -0.15) is 5.10 Å². The molecule has 1 aromatic carbocycles. The van der Waals surface area contributed by atoms with Gasteiger partial charge in [0, 0.05) is 37.6 Å². The summed E-state index contributed by atoms with van der Waals surface area (Å²) < 4.78 is 61.2. The molecule has 0 spiro atoms. The summed E-state index contributed by atoms with van der Waals surface area (Å²) in [5.74, 6) is -3.16. The van der Waals surface area contributed by atoms with Crippen molar-refractivity contribution in [3.05, 3.63) is 47.2 Å². The van der Waals surface area contributed by atoms with E-state index in [1.807, 2.05) is 0 Å². The molecule has 3 rings (SSSR count). The van der Waals surface area contributed by atoms with Crippen molar-refractivity contribution in [3.63, 3.8) is 0 Å². The van der Waals surface area contributed by atoms with Crippen molar-refractivity contribution >= 4 is 0 Å². The van der Waals surface area contributed by atoms with Crippen LogP contribution in [0.15, 0.2) is 24.3 Å². The number of hydrogen-bond donors (Lipinski definition) is 1. The molecular formula is C19H23F4N3O. The summed E-state index contributed by atoms with van der Waals surface area (Å²) in [7, 11) is 1.78. The Hall–Kier alpha value is -2.09. The molecule has 1 aromatic heterocycles. The molecule has 1 saturated carbocycles. The fraction of sp³-hybridized carbons (Fsp3) is 0.526. The van der Waals surface area contributed by atoms with Gasteiger partial charge >= 0.3 is 0 Å². The van der Waals surface area contributed by atoms with Gasteiger partial charge in [0.15, 0.2) is 0 Å². The third kappa shape index (κ3) is 5.22. The quantitative estimate of drug-likeness (QED) is 0.723. The Bertz CT molecular complexity index is 768. The van der Waals surface area contributed by atoms with E-state index < -0.39 is 17.6 Å². The zero-order chi connectivity index (χ0) is 19.4. The first kappa shape index (κ1) is 19.7. The number of rotatable bonds is 7. The van der Waals surface area contributed by atoms with Crippen LogP contribution in [-0.4, -0.2) is 22.8 Å². The highest BCUT2D eigenvalue weighted by Crippen LogP contribution is 2.37. The molecule has 0 aliphatic heterocycles. The average molecular weight is 385 g/mol. The SMILES string of the molecule is CNCc1cc(OCc2cc(F)ccc2F)n(CC2CCC(F)(F)CC2)n1. The highest BCUT2D eigenvalue weighted by Gasteiger charge is 2.35. The van der Waals surface area contributed by atoms with Crippen molar-refractivity contribution in [3.8, 4) is 5.88 Å². The Balaban J connectivity index is 1.71. The minimum Gasteiger partial charge on any atom is -0.473 e. The summed E-state index contributed by atoms with van der Waals surface area (Å²) in [6.07, 6.45) is 0.609. The molecule has 2 aromatic rings. The largest absolute Gasteiger partial charge is 0.473 e. The van der Waals surface area contributed by atoms with Crippen LogP contribution in [-0.2, 0) is 19.7 Å². The molecule has 1 N–H and O–H groups in total. The monoisotopic (exact) mass is 385 g/mol. The maximum absolute atomic E-state index is 13.8. The maximum atomic E-state index is 13.8. The molecule has 0 saturated heterocycles. The molecule has 0 amide bonds. The van der Waals surface area contributed by atoms with Crippen LogP contribution < -0.4 is 10.1 Å². The number of aromatic nitrogens is 2. The molecule has 1 aliphatic rings. The lowest BCUT2D eigenvalue weighted by Gasteiger charge is -2.28. The summed E-state index contributed by atoms with van der Waals surface area (Å²) in [4.78, 5) is 0. The third-order valence-corrected chi connectivity index (χ3v) is 4.80. The van der Waals surface area contributed by atoms with Gasteiger partial charge in [0.25, 0.3) is 0 Å². The van der Waals surface area contributed by atoms with E-state index in [1.54, 1.807) is 17.8 Å². The first-order valence-corrected chi connectivity index (χ1v) is 9.02. The number of nitrogens with one attached hydrogen (secondary N) is 1. The Morgan fingerprint density at radius 3 is 2.67 bits per heavy atom. The molecular weight excluding hydrogens is 362 g/mol. The lowest BCUT2D eigenvalue weighted by molar-refractivity contribution is -0.0478. The predicted molar refractivity (Wildman–Crippen MR) is 92.6 cm³/mol. The number of benzene rings is 1. The Kier molecular flexibility index (Phi) is 6.04. The van der Waals surface area contributed by atoms with Crippen LogP contribution in [0.2, 0.25) is 0 Å². The average Bonchev–Trinajstić information content (AvgIpc) is 2.99. The lowest BCUT2D eigenvalue weighted by Crippen LogP contribution is -2.27. The molecule has 0 atom stereocenters. The summed E-state index contributed by atoms with van der Waals surface area (Å²) >= 11 is 0. The van der Waals surface area contributed by atoms with Gasteiger partial charge < -0.3 is 10.1 Å². The molecule has 1 heterocycles. The highest BCUT2D eigenvalue weighted by atomic mass is 19.3. The smallest absolute Gasteiger partial charge is 0.248 e. The minimum absolute atomic E-state index is 0.0835. The van der Waals surface area contributed by atoms with E-state index in [1.165, 1.54) is 0 Å². The Morgan fingerprint density at radius 2 is 1.96 bits per heavy atom. The zero-order valence-electron chi connectivity index (χ0n) is 15.2. The van der Waals surface area contributed by atoms with E-state index >= 15 is 0 Å². The zero-order valence-corrected chi connectivity index (χ0v) is 15.2. The molecule has 0 unspecified atom stereocenters. The molecule has 8 heteroatoms. The third-order valence-electron chi connectivity index (χ3n) is 4.80. The van der Waals surface area contributed by atoms with Gasteiger partial charge in [-0.25, -0.2) is 22.2 Å². The summed E-state index contributed by atoms with van der Waals surface area (Å²) in [5.41, 5.74) is 0.837. The molecule has 1 fully saturated rings. The highest BCUT2D eigenvalue weighted by molar-refractivity contribution is 5.20. The molecule has 0 radical (unpaired) electrons. The summed E-state index contributed by atoms with van der Waals surface area (Å²) in [6, 6.07) is 4.92. The predicted octanol–water partition coefficient (Wildman–Crippen LogP) is 4.29. The molecule has 1 aliphatic carbocycles. The van der Waals surface area contributed by atoms with Crippen molar-refractivity contribution in [2.75, 3.05) is 7.05 Å². The first-order chi connectivity index (χ1) is 12.9. The van der Waals surface area contributed by atoms with Crippen molar-refractivity contribution in [2.24, 2.45) is 5.92 Å². The van der Waals surface area contributed by atoms with Crippen LogP contribution in [0.4, 0.5) is 17.6 Å². The summed E-state index contributed by atoms with van der Waals surface area (Å²) in [5, 5.41) is 7.45. The van der Waals surface area contributed by atoms with Crippen LogP contribution in [0.1, 0.15) is 36.9 Å². The van der Waals surface area contributed by atoms with Crippen LogP contribution >= 0.6 is 0 Å². The number of ether oxygens (including phenoxy) is 1. The van der Waals surface area contributed by atoms with E-state index in [0.717, 1.165) is 23.9 Å². The second-order valence-corrected chi connectivity index (χ2v) is 7.01. The maximum Gasteiger partial charge on any atom is 0.248 e.